The summed E-state index contributed by atoms with van der Waals surface area (Å²) in [5, 5.41) is 19.8. The first-order valence-electron chi connectivity index (χ1n) is 12.9. The molecule has 1 fully saturated rings. The second kappa shape index (κ2) is 10.1. The van der Waals surface area contributed by atoms with Crippen molar-refractivity contribution in [1.82, 2.24) is 15.1 Å². The van der Waals surface area contributed by atoms with Crippen molar-refractivity contribution in [2.24, 2.45) is 0 Å². The van der Waals surface area contributed by atoms with Gasteiger partial charge in [-0.2, -0.15) is 19.1 Å². The van der Waals surface area contributed by atoms with Crippen molar-refractivity contribution in [1.29, 1.82) is 5.26 Å². The van der Waals surface area contributed by atoms with Crippen LogP contribution in [0.5, 0.6) is 5.75 Å². The smallest absolute Gasteiger partial charge is 0.298 e. The van der Waals surface area contributed by atoms with Crippen molar-refractivity contribution in [3.63, 3.8) is 0 Å². The number of nitrogens with zero attached hydrogens (tertiary/aromatic N) is 4. The summed E-state index contributed by atoms with van der Waals surface area (Å²) in [6.45, 7) is 1.02. The van der Waals surface area contributed by atoms with Crippen LogP contribution in [0.15, 0.2) is 79.0 Å². The molecule has 2 amide bonds. The maximum Gasteiger partial charge on any atom is 0.298 e. The summed E-state index contributed by atoms with van der Waals surface area (Å²) in [6.07, 6.45) is 1.42. The van der Waals surface area contributed by atoms with Gasteiger partial charge in [0.2, 0.25) is 0 Å². The summed E-state index contributed by atoms with van der Waals surface area (Å²) in [6, 6.07) is 19.2. The Kier molecular flexibility index (Phi) is 6.47. The zero-order valence-corrected chi connectivity index (χ0v) is 21.8. The second-order valence-electron chi connectivity index (χ2n) is 9.79. The zero-order chi connectivity index (χ0) is 28.7. The van der Waals surface area contributed by atoms with E-state index in [1.165, 1.54) is 67.9 Å². The highest BCUT2D eigenvalue weighted by Crippen LogP contribution is 2.39. The second-order valence-corrected chi connectivity index (χ2v) is 9.79. The molecule has 9 nitrogen and oxygen atoms in total. The number of fused-ring (bicyclic) bond motifs is 3. The summed E-state index contributed by atoms with van der Waals surface area (Å²) in [5.41, 5.74) is 0.934. The fourth-order valence-electron chi connectivity index (χ4n) is 5.43. The largest absolute Gasteiger partial charge is 0.495 e. The van der Waals surface area contributed by atoms with Crippen LogP contribution in [0.25, 0.3) is 0 Å². The third kappa shape index (κ3) is 4.38. The van der Waals surface area contributed by atoms with Crippen LogP contribution in [0.2, 0.25) is 0 Å². The number of ether oxygens (including phenoxy) is 1. The van der Waals surface area contributed by atoms with E-state index in [0.717, 1.165) is 0 Å². The molecule has 206 valence electrons. The maximum absolute atomic E-state index is 15.1. The number of nitriles is 1. The number of hydrogen-bond acceptors (Lipinski definition) is 6. The molecule has 1 aromatic heterocycles. The van der Waals surface area contributed by atoms with Crippen molar-refractivity contribution < 1.29 is 23.1 Å². The van der Waals surface area contributed by atoms with Crippen LogP contribution in [0.1, 0.15) is 43.6 Å². The van der Waals surface area contributed by atoms with Gasteiger partial charge in [0.25, 0.3) is 17.7 Å². The fourth-order valence-corrected chi connectivity index (χ4v) is 5.43. The molecule has 2 aliphatic rings. The molecular weight excluding hydrogens is 530 g/mol. The number of rotatable bonds is 6. The van der Waals surface area contributed by atoms with Gasteiger partial charge in [-0.3, -0.25) is 14.3 Å². The number of methoxy groups -OCH3 is 1. The predicted octanol–water partition coefficient (Wildman–Crippen LogP) is 4.33. The summed E-state index contributed by atoms with van der Waals surface area (Å²) >= 11 is 0. The van der Waals surface area contributed by atoms with E-state index in [1.807, 2.05) is 6.07 Å². The van der Waals surface area contributed by atoms with E-state index in [9.17, 15) is 14.9 Å². The number of halogens is 2. The summed E-state index contributed by atoms with van der Waals surface area (Å²) in [4.78, 5) is 28.6. The molecule has 2 aliphatic heterocycles. The summed E-state index contributed by atoms with van der Waals surface area (Å²) < 4.78 is 37.0. The average molecular weight is 555 g/mol. The van der Waals surface area contributed by atoms with E-state index in [4.69, 9.17) is 4.74 Å². The lowest BCUT2D eigenvalue weighted by Crippen LogP contribution is -2.51. The number of carbonyl (C=O) groups is 2. The zero-order valence-electron chi connectivity index (χ0n) is 21.8. The molecule has 0 saturated carbocycles. The molecule has 1 saturated heterocycles. The lowest BCUT2D eigenvalue weighted by molar-refractivity contribution is 0.0428. The first kappa shape index (κ1) is 26.2. The van der Waals surface area contributed by atoms with Gasteiger partial charge < -0.3 is 20.3 Å². The van der Waals surface area contributed by atoms with Crippen LogP contribution in [-0.4, -0.2) is 47.8 Å². The number of alkyl halides is 2. The van der Waals surface area contributed by atoms with Crippen LogP contribution in [0, 0.1) is 11.3 Å². The van der Waals surface area contributed by atoms with Gasteiger partial charge in [0.1, 0.15) is 11.8 Å². The summed E-state index contributed by atoms with van der Waals surface area (Å²) in [7, 11) is 1.43. The number of aromatic nitrogens is 2. The van der Waals surface area contributed by atoms with Crippen LogP contribution in [-0.2, 0) is 5.92 Å². The topological polar surface area (TPSA) is 112 Å². The quantitative estimate of drug-likeness (QED) is 0.367. The molecule has 2 atom stereocenters. The molecule has 6 rings (SSSR count). The molecule has 0 radical (unpaired) electrons. The van der Waals surface area contributed by atoms with E-state index in [1.54, 1.807) is 27.8 Å². The van der Waals surface area contributed by atoms with Crippen molar-refractivity contribution in [2.75, 3.05) is 30.4 Å². The van der Waals surface area contributed by atoms with Gasteiger partial charge in [0.15, 0.2) is 5.69 Å². The maximum atomic E-state index is 15.1. The SMILES string of the molecule is COc1ccc(C(=O)Nc2cnn3c2C(=O)N(c2ccc(C(F)(F)c4ccccc4)cc2)[C@@H]2CNC[C@@H]23)cc1C#N. The van der Waals surface area contributed by atoms with Gasteiger partial charge in [-0.25, -0.2) is 0 Å². The Bertz CT molecular complexity index is 1680. The Morgan fingerprint density at radius 3 is 2.49 bits per heavy atom. The molecule has 3 heterocycles. The van der Waals surface area contributed by atoms with Gasteiger partial charge in [0.05, 0.1) is 36.6 Å². The van der Waals surface area contributed by atoms with Gasteiger partial charge in [-0.1, -0.05) is 42.5 Å². The molecular formula is C30H24F2N6O3. The minimum absolute atomic E-state index is 0.120. The van der Waals surface area contributed by atoms with Crippen LogP contribution < -0.4 is 20.3 Å². The average Bonchev–Trinajstić information content (AvgIpc) is 3.65. The Morgan fingerprint density at radius 2 is 1.78 bits per heavy atom. The Labute approximate surface area is 234 Å². The molecule has 0 spiro atoms. The summed E-state index contributed by atoms with van der Waals surface area (Å²) in [5.74, 6) is -3.81. The minimum atomic E-state index is -3.20. The lowest BCUT2D eigenvalue weighted by atomic mass is 9.99. The molecule has 41 heavy (non-hydrogen) atoms. The van der Waals surface area contributed by atoms with E-state index < -0.39 is 17.7 Å². The predicted molar refractivity (Wildman–Crippen MR) is 146 cm³/mol. The van der Waals surface area contributed by atoms with Gasteiger partial charge in [-0.15, -0.1) is 0 Å². The van der Waals surface area contributed by atoms with E-state index in [2.05, 4.69) is 15.7 Å². The molecule has 11 heteroatoms. The van der Waals surface area contributed by atoms with Crippen molar-refractivity contribution in [3.05, 3.63) is 107 Å². The third-order valence-corrected chi connectivity index (χ3v) is 7.49. The van der Waals surface area contributed by atoms with E-state index in [-0.39, 0.29) is 45.7 Å². The fraction of sp³-hybridized carbons (Fsp3) is 0.200. The molecule has 0 bridgehead atoms. The lowest BCUT2D eigenvalue weighted by Gasteiger charge is -2.37. The van der Waals surface area contributed by atoms with Crippen molar-refractivity contribution in [2.45, 2.75) is 18.0 Å². The Hall–Kier alpha value is -5.08. The van der Waals surface area contributed by atoms with Crippen molar-refractivity contribution >= 4 is 23.2 Å². The monoisotopic (exact) mass is 554 g/mol. The number of anilines is 2. The third-order valence-electron chi connectivity index (χ3n) is 7.49. The van der Waals surface area contributed by atoms with Crippen LogP contribution >= 0.6 is 0 Å². The number of nitrogens with one attached hydrogen (secondary N) is 2. The first-order valence-corrected chi connectivity index (χ1v) is 12.9. The highest BCUT2D eigenvalue weighted by molar-refractivity contribution is 6.13. The molecule has 4 aromatic rings. The van der Waals surface area contributed by atoms with Gasteiger partial charge >= 0.3 is 0 Å². The van der Waals surface area contributed by atoms with E-state index in [0.29, 0.717) is 24.5 Å². The number of hydrogen-bond donors (Lipinski definition) is 2. The van der Waals surface area contributed by atoms with Gasteiger partial charge in [0, 0.05) is 35.5 Å². The highest BCUT2D eigenvalue weighted by Gasteiger charge is 2.45. The van der Waals surface area contributed by atoms with E-state index >= 15 is 8.78 Å². The standard InChI is InChI=1S/C30H24F2N6O3/c1-41-26-12-7-18(13-19(26)14-33)28(39)36-23-15-35-38-25-17-34-16-24(25)37(29(40)27(23)38)22-10-8-21(9-11-22)30(31,32)20-5-3-2-4-6-20/h2-13,15,24-25,34H,16-17H2,1H3,(H,36,39)/t24-,25+/m1/s1. The Morgan fingerprint density at radius 1 is 1.07 bits per heavy atom. The number of carbonyl (C=O) groups excluding carboxylic acids is 2. The Balaban J connectivity index is 1.31. The first-order chi connectivity index (χ1) is 19.8. The molecule has 2 N–H and O–H groups in total. The van der Waals surface area contributed by atoms with Gasteiger partial charge in [-0.05, 0) is 30.3 Å². The normalized spacial score (nSPS) is 17.9. The van der Waals surface area contributed by atoms with Crippen molar-refractivity contribution in [3.8, 4) is 11.8 Å². The minimum Gasteiger partial charge on any atom is -0.495 e. The number of amides is 2. The molecule has 0 aliphatic carbocycles. The number of benzene rings is 3. The highest BCUT2D eigenvalue weighted by atomic mass is 19.3. The molecule has 3 aromatic carbocycles. The van der Waals surface area contributed by atoms with Crippen LogP contribution in [0.4, 0.5) is 20.2 Å². The van der Waals surface area contributed by atoms with Crippen LogP contribution in [0.3, 0.4) is 0 Å². The molecule has 0 unspecified atom stereocenters.